The molecule has 2 atom stereocenters. The summed E-state index contributed by atoms with van der Waals surface area (Å²) in [6, 6.07) is 8.29. The van der Waals surface area contributed by atoms with Crippen molar-refractivity contribution in [2.75, 3.05) is 13.1 Å². The Kier molecular flexibility index (Phi) is 4.70. The van der Waals surface area contributed by atoms with Gasteiger partial charge >= 0.3 is 6.09 Å². The first-order valence-electron chi connectivity index (χ1n) is 6.81. The van der Waals surface area contributed by atoms with Crippen molar-refractivity contribution in [2.45, 2.75) is 38.3 Å². The second-order valence-corrected chi connectivity index (χ2v) is 6.98. The van der Waals surface area contributed by atoms with Gasteiger partial charge in [-0.3, -0.25) is 0 Å². The van der Waals surface area contributed by atoms with E-state index in [9.17, 15) is 4.79 Å². The predicted octanol–water partition coefficient (Wildman–Crippen LogP) is 3.03. The van der Waals surface area contributed by atoms with Crippen LogP contribution in [0.25, 0.3) is 0 Å². The molecule has 4 nitrogen and oxygen atoms in total. The molecule has 110 valence electrons. The highest BCUT2D eigenvalue weighted by atomic mass is 79.9. The number of carbonyl (C=O) groups is 1. The number of ether oxygens (including phenoxy) is 1. The van der Waals surface area contributed by atoms with Crippen molar-refractivity contribution in [3.63, 3.8) is 0 Å². The van der Waals surface area contributed by atoms with Gasteiger partial charge in [-0.15, -0.1) is 0 Å². The quantitative estimate of drug-likeness (QED) is 0.869. The van der Waals surface area contributed by atoms with Crippen LogP contribution in [0, 0.1) is 0 Å². The van der Waals surface area contributed by atoms with Gasteiger partial charge in [-0.25, -0.2) is 4.79 Å². The van der Waals surface area contributed by atoms with Crippen molar-refractivity contribution >= 4 is 22.0 Å². The van der Waals surface area contributed by atoms with E-state index in [0.717, 1.165) is 17.6 Å². The van der Waals surface area contributed by atoms with Gasteiger partial charge in [-0.1, -0.05) is 28.1 Å². The molecule has 0 radical (unpaired) electrons. The van der Waals surface area contributed by atoms with Gasteiger partial charge in [0.15, 0.2) is 0 Å². The number of benzene rings is 1. The SMILES string of the molecule is CC(C)(C)OC(=O)N[C@H]1CNC[C@H]1c1ccc(Br)cc1. The number of halogens is 1. The standard InChI is InChI=1S/C15H21BrN2O2/c1-15(2,3)20-14(19)18-13-9-17-8-12(13)10-4-6-11(16)7-5-10/h4-7,12-13,17H,8-9H2,1-3H3,(H,18,19)/t12-,13-/m0/s1. The van der Waals surface area contributed by atoms with Crippen molar-refractivity contribution in [3.05, 3.63) is 34.3 Å². The first kappa shape index (κ1) is 15.3. The molecule has 0 unspecified atom stereocenters. The molecule has 2 rings (SSSR count). The van der Waals surface area contributed by atoms with Crippen LogP contribution in [-0.4, -0.2) is 30.8 Å². The lowest BCUT2D eigenvalue weighted by atomic mass is 9.94. The van der Waals surface area contributed by atoms with Gasteiger partial charge in [0.05, 0.1) is 6.04 Å². The maximum Gasteiger partial charge on any atom is 0.407 e. The lowest BCUT2D eigenvalue weighted by Crippen LogP contribution is -2.42. The monoisotopic (exact) mass is 340 g/mol. The van der Waals surface area contributed by atoms with Crippen LogP contribution in [0.4, 0.5) is 4.79 Å². The molecule has 0 spiro atoms. The summed E-state index contributed by atoms with van der Waals surface area (Å²) in [5.41, 5.74) is 0.753. The van der Waals surface area contributed by atoms with Crippen LogP contribution in [0.2, 0.25) is 0 Å². The van der Waals surface area contributed by atoms with Gasteiger partial charge in [-0.2, -0.15) is 0 Å². The average molecular weight is 341 g/mol. The van der Waals surface area contributed by atoms with E-state index in [2.05, 4.69) is 38.7 Å². The zero-order valence-electron chi connectivity index (χ0n) is 12.1. The highest BCUT2D eigenvalue weighted by Gasteiger charge is 2.30. The maximum atomic E-state index is 11.9. The molecule has 5 heteroatoms. The largest absolute Gasteiger partial charge is 0.444 e. The molecule has 0 aromatic heterocycles. The number of hydrogen-bond acceptors (Lipinski definition) is 3. The second-order valence-electron chi connectivity index (χ2n) is 6.07. The Morgan fingerprint density at radius 1 is 1.30 bits per heavy atom. The van der Waals surface area contributed by atoms with E-state index < -0.39 is 5.60 Å². The Labute approximate surface area is 128 Å². The van der Waals surface area contributed by atoms with Crippen LogP contribution < -0.4 is 10.6 Å². The fraction of sp³-hybridized carbons (Fsp3) is 0.533. The Morgan fingerprint density at radius 2 is 1.95 bits per heavy atom. The minimum atomic E-state index is -0.469. The van der Waals surface area contributed by atoms with E-state index in [1.54, 1.807) is 0 Å². The normalized spacial score (nSPS) is 22.6. The molecule has 0 aliphatic carbocycles. The van der Waals surface area contributed by atoms with Gasteiger partial charge in [0, 0.05) is 23.5 Å². The Bertz CT molecular complexity index is 468. The molecule has 1 saturated heterocycles. The molecule has 0 bridgehead atoms. The molecule has 2 N–H and O–H groups in total. The lowest BCUT2D eigenvalue weighted by Gasteiger charge is -2.24. The van der Waals surface area contributed by atoms with E-state index in [1.807, 2.05) is 32.9 Å². The smallest absolute Gasteiger partial charge is 0.407 e. The van der Waals surface area contributed by atoms with Crippen molar-refractivity contribution < 1.29 is 9.53 Å². The predicted molar refractivity (Wildman–Crippen MR) is 82.9 cm³/mol. The zero-order valence-corrected chi connectivity index (χ0v) is 13.7. The summed E-state index contributed by atoms with van der Waals surface area (Å²) < 4.78 is 6.38. The highest BCUT2D eigenvalue weighted by Crippen LogP contribution is 2.24. The van der Waals surface area contributed by atoms with E-state index in [-0.39, 0.29) is 18.1 Å². The second kappa shape index (κ2) is 6.14. The molecule has 20 heavy (non-hydrogen) atoms. The number of hydrogen-bond donors (Lipinski definition) is 2. The highest BCUT2D eigenvalue weighted by molar-refractivity contribution is 9.10. The van der Waals surface area contributed by atoms with Gasteiger partial charge in [0.25, 0.3) is 0 Å². The molecule has 1 fully saturated rings. The molecule has 1 aromatic rings. The third-order valence-corrected chi connectivity index (χ3v) is 3.74. The van der Waals surface area contributed by atoms with Crippen molar-refractivity contribution in [1.29, 1.82) is 0 Å². The van der Waals surface area contributed by atoms with Gasteiger partial charge < -0.3 is 15.4 Å². The van der Waals surface area contributed by atoms with E-state index in [4.69, 9.17) is 4.74 Å². The van der Waals surface area contributed by atoms with Crippen LogP contribution in [0.3, 0.4) is 0 Å². The minimum absolute atomic E-state index is 0.0611. The third-order valence-electron chi connectivity index (χ3n) is 3.21. The average Bonchev–Trinajstić information content (AvgIpc) is 2.75. The summed E-state index contributed by atoms with van der Waals surface area (Å²) in [5, 5.41) is 6.28. The summed E-state index contributed by atoms with van der Waals surface area (Å²) in [6.07, 6.45) is -0.353. The molecule has 1 heterocycles. The van der Waals surface area contributed by atoms with Gasteiger partial charge in [0.1, 0.15) is 5.60 Å². The fourth-order valence-electron chi connectivity index (χ4n) is 2.35. The molecule has 1 aliphatic rings. The third kappa shape index (κ3) is 4.21. The van der Waals surface area contributed by atoms with Crippen LogP contribution in [-0.2, 0) is 4.74 Å². The summed E-state index contributed by atoms with van der Waals surface area (Å²) >= 11 is 3.44. The van der Waals surface area contributed by atoms with Gasteiger partial charge in [0.2, 0.25) is 0 Å². The van der Waals surface area contributed by atoms with E-state index in [0.29, 0.717) is 0 Å². The van der Waals surface area contributed by atoms with Crippen LogP contribution in [0.1, 0.15) is 32.3 Å². The van der Waals surface area contributed by atoms with Crippen LogP contribution >= 0.6 is 15.9 Å². The zero-order chi connectivity index (χ0) is 14.8. The Balaban J connectivity index is 2.00. The molecular weight excluding hydrogens is 320 g/mol. The van der Waals surface area contributed by atoms with Crippen molar-refractivity contribution in [2.24, 2.45) is 0 Å². The molecule has 1 aromatic carbocycles. The minimum Gasteiger partial charge on any atom is -0.444 e. The molecule has 1 aliphatic heterocycles. The first-order valence-corrected chi connectivity index (χ1v) is 7.60. The van der Waals surface area contributed by atoms with E-state index in [1.165, 1.54) is 5.56 Å². The first-order chi connectivity index (χ1) is 9.35. The maximum absolute atomic E-state index is 11.9. The van der Waals surface area contributed by atoms with Crippen LogP contribution in [0.5, 0.6) is 0 Å². The topological polar surface area (TPSA) is 50.4 Å². The number of amides is 1. The van der Waals surface area contributed by atoms with Gasteiger partial charge in [-0.05, 0) is 38.5 Å². The molecular formula is C15H21BrN2O2. The fourth-order valence-corrected chi connectivity index (χ4v) is 2.61. The summed E-state index contributed by atoms with van der Waals surface area (Å²) in [5.74, 6) is 0.274. The number of nitrogens with one attached hydrogen (secondary N) is 2. The number of rotatable bonds is 2. The number of carbonyl (C=O) groups excluding carboxylic acids is 1. The van der Waals surface area contributed by atoms with E-state index >= 15 is 0 Å². The summed E-state index contributed by atoms with van der Waals surface area (Å²) in [4.78, 5) is 11.9. The summed E-state index contributed by atoms with van der Waals surface area (Å²) in [6.45, 7) is 7.23. The number of alkyl carbamates (subject to hydrolysis) is 1. The van der Waals surface area contributed by atoms with Crippen molar-refractivity contribution in [1.82, 2.24) is 10.6 Å². The van der Waals surface area contributed by atoms with Crippen molar-refractivity contribution in [3.8, 4) is 0 Å². The summed E-state index contributed by atoms with van der Waals surface area (Å²) in [7, 11) is 0. The lowest BCUT2D eigenvalue weighted by molar-refractivity contribution is 0.0504. The Hall–Kier alpha value is -1.07. The van der Waals surface area contributed by atoms with Crippen LogP contribution in [0.15, 0.2) is 28.7 Å². The molecule has 1 amide bonds. The Morgan fingerprint density at radius 3 is 2.55 bits per heavy atom. The molecule has 0 saturated carbocycles.